The summed E-state index contributed by atoms with van der Waals surface area (Å²) in [5.41, 5.74) is -0.758. The number of nitrogens with one attached hydrogen (secondary N) is 3. The van der Waals surface area contributed by atoms with Crippen molar-refractivity contribution in [3.05, 3.63) is 0 Å². The van der Waals surface area contributed by atoms with E-state index in [0.717, 1.165) is 31.4 Å². The predicted molar refractivity (Wildman–Crippen MR) is 110 cm³/mol. The van der Waals surface area contributed by atoms with Crippen LogP contribution < -0.4 is 16.0 Å². The standard InChI is InChI=1S/C20H36N6O2/c1-4-20(3)17(27)26(19(28)24-20)12-6-11-22-18(21-5-2)23-15-9-13-25(14-10-15)16-7-8-16/h15-16H,4-14H2,1-3H3,(H,24,28)(H2,21,22,23). The summed E-state index contributed by atoms with van der Waals surface area (Å²) < 4.78 is 0. The number of hydrogen-bond donors (Lipinski definition) is 3. The summed E-state index contributed by atoms with van der Waals surface area (Å²) >= 11 is 0. The summed E-state index contributed by atoms with van der Waals surface area (Å²) in [6, 6.07) is 1.03. The first kappa shape index (κ1) is 20.9. The second-order valence-corrected chi connectivity index (χ2v) is 8.37. The van der Waals surface area contributed by atoms with E-state index in [-0.39, 0.29) is 11.9 Å². The van der Waals surface area contributed by atoms with E-state index in [4.69, 9.17) is 0 Å². The van der Waals surface area contributed by atoms with Gasteiger partial charge in [-0.15, -0.1) is 0 Å². The Kier molecular flexibility index (Phi) is 6.80. The first-order valence-corrected chi connectivity index (χ1v) is 10.9. The molecule has 1 unspecified atom stereocenters. The third-order valence-corrected chi connectivity index (χ3v) is 6.14. The molecule has 0 aromatic carbocycles. The highest BCUT2D eigenvalue weighted by atomic mass is 16.2. The van der Waals surface area contributed by atoms with Gasteiger partial charge in [0, 0.05) is 44.8 Å². The number of carbonyl (C=O) groups excluding carboxylic acids is 2. The lowest BCUT2D eigenvalue weighted by molar-refractivity contribution is -0.130. The van der Waals surface area contributed by atoms with Crippen LogP contribution >= 0.6 is 0 Å². The van der Waals surface area contributed by atoms with E-state index in [1.165, 1.54) is 30.8 Å². The Balaban J connectivity index is 1.43. The van der Waals surface area contributed by atoms with Gasteiger partial charge in [0.1, 0.15) is 5.54 Å². The zero-order chi connectivity index (χ0) is 20.1. The molecule has 3 rings (SSSR count). The maximum Gasteiger partial charge on any atom is 0.325 e. The molecule has 0 bridgehead atoms. The van der Waals surface area contributed by atoms with Gasteiger partial charge in [0.15, 0.2) is 5.96 Å². The summed E-state index contributed by atoms with van der Waals surface area (Å²) in [6.45, 7) is 9.90. The van der Waals surface area contributed by atoms with Gasteiger partial charge in [-0.05, 0) is 52.4 Å². The van der Waals surface area contributed by atoms with E-state index in [2.05, 4.69) is 32.8 Å². The van der Waals surface area contributed by atoms with Crippen LogP contribution in [-0.4, -0.2) is 78.0 Å². The first-order valence-electron chi connectivity index (χ1n) is 10.9. The van der Waals surface area contributed by atoms with Gasteiger partial charge in [-0.25, -0.2) is 4.79 Å². The van der Waals surface area contributed by atoms with Crippen molar-refractivity contribution in [2.75, 3.05) is 32.7 Å². The van der Waals surface area contributed by atoms with Crippen molar-refractivity contribution in [3.63, 3.8) is 0 Å². The zero-order valence-electron chi connectivity index (χ0n) is 17.6. The van der Waals surface area contributed by atoms with Crippen molar-refractivity contribution in [2.45, 2.75) is 76.9 Å². The van der Waals surface area contributed by atoms with Gasteiger partial charge in [-0.3, -0.25) is 14.7 Å². The van der Waals surface area contributed by atoms with Crippen LogP contribution in [0, 0.1) is 0 Å². The van der Waals surface area contributed by atoms with Crippen LogP contribution in [0.4, 0.5) is 4.79 Å². The number of carbonyl (C=O) groups is 2. The summed E-state index contributed by atoms with van der Waals surface area (Å²) in [7, 11) is 0. The quantitative estimate of drug-likeness (QED) is 0.251. The summed E-state index contributed by atoms with van der Waals surface area (Å²) in [5.74, 6) is 0.708. The molecule has 8 nitrogen and oxygen atoms in total. The number of imide groups is 1. The van der Waals surface area contributed by atoms with Gasteiger partial charge in [0.25, 0.3) is 5.91 Å². The third-order valence-electron chi connectivity index (χ3n) is 6.14. The molecule has 3 aliphatic rings. The molecule has 8 heteroatoms. The SMILES string of the molecule is CCNC(=NCCCN1C(=O)NC(C)(CC)C1=O)NC1CCN(C2CC2)CC1. The van der Waals surface area contributed by atoms with Gasteiger partial charge in [0.2, 0.25) is 0 Å². The molecular weight excluding hydrogens is 356 g/mol. The number of guanidine groups is 1. The fraction of sp³-hybridized carbons (Fsp3) is 0.850. The highest BCUT2D eigenvalue weighted by Crippen LogP contribution is 2.29. The lowest BCUT2D eigenvalue weighted by Crippen LogP contribution is -2.49. The molecule has 2 saturated heterocycles. The van der Waals surface area contributed by atoms with Crippen LogP contribution in [0.1, 0.15) is 59.3 Å². The van der Waals surface area contributed by atoms with E-state index >= 15 is 0 Å². The molecule has 2 aliphatic heterocycles. The molecule has 0 spiro atoms. The molecule has 3 amide bonds. The van der Waals surface area contributed by atoms with Gasteiger partial charge in [-0.2, -0.15) is 0 Å². The largest absolute Gasteiger partial charge is 0.357 e. The van der Waals surface area contributed by atoms with E-state index in [0.29, 0.717) is 32.0 Å². The fourth-order valence-electron chi connectivity index (χ4n) is 3.97. The smallest absolute Gasteiger partial charge is 0.325 e. The second kappa shape index (κ2) is 9.11. The van der Waals surface area contributed by atoms with Crippen LogP contribution in [0.2, 0.25) is 0 Å². The van der Waals surface area contributed by atoms with Gasteiger partial charge in [0.05, 0.1) is 0 Å². The van der Waals surface area contributed by atoms with Gasteiger partial charge >= 0.3 is 6.03 Å². The Bertz CT molecular complexity index is 598. The minimum absolute atomic E-state index is 0.128. The number of nitrogens with zero attached hydrogens (tertiary/aromatic N) is 3. The zero-order valence-corrected chi connectivity index (χ0v) is 17.6. The molecule has 3 N–H and O–H groups in total. The first-order chi connectivity index (χ1) is 13.5. The van der Waals surface area contributed by atoms with E-state index in [1.54, 1.807) is 6.92 Å². The normalized spacial score (nSPS) is 27.2. The van der Waals surface area contributed by atoms with Crippen LogP contribution in [0.15, 0.2) is 4.99 Å². The molecule has 0 aromatic heterocycles. The molecule has 0 radical (unpaired) electrons. The molecule has 1 saturated carbocycles. The number of rotatable bonds is 8. The third kappa shape index (κ3) is 4.96. The molecule has 158 valence electrons. The minimum Gasteiger partial charge on any atom is -0.357 e. The summed E-state index contributed by atoms with van der Waals surface area (Å²) in [5, 5.41) is 9.66. The topological polar surface area (TPSA) is 89.1 Å². The highest BCUT2D eigenvalue weighted by molar-refractivity contribution is 6.06. The van der Waals surface area contributed by atoms with Crippen LogP contribution in [-0.2, 0) is 4.79 Å². The molecule has 1 atom stereocenters. The molecule has 0 aromatic rings. The van der Waals surface area contributed by atoms with Crippen molar-refractivity contribution in [1.29, 1.82) is 0 Å². The Hall–Kier alpha value is -1.83. The maximum absolute atomic E-state index is 12.4. The molecule has 2 heterocycles. The van der Waals surface area contributed by atoms with Crippen molar-refractivity contribution in [1.82, 2.24) is 25.8 Å². The average Bonchev–Trinajstić information content (AvgIpc) is 3.50. The average molecular weight is 393 g/mol. The number of urea groups is 1. The van der Waals surface area contributed by atoms with Crippen molar-refractivity contribution in [3.8, 4) is 0 Å². The number of piperidine rings is 1. The number of likely N-dealkylation sites (tertiary alicyclic amines) is 1. The summed E-state index contributed by atoms with van der Waals surface area (Å²) in [6.07, 6.45) is 6.31. The number of amides is 3. The second-order valence-electron chi connectivity index (χ2n) is 8.37. The molecule has 3 fully saturated rings. The Labute approximate surface area is 168 Å². The van der Waals surface area contributed by atoms with Gasteiger partial charge < -0.3 is 20.9 Å². The highest BCUT2D eigenvalue weighted by Gasteiger charge is 2.45. The van der Waals surface area contributed by atoms with Gasteiger partial charge in [-0.1, -0.05) is 6.92 Å². The van der Waals surface area contributed by atoms with E-state index in [1.807, 2.05) is 6.92 Å². The maximum atomic E-state index is 12.4. The molecule has 28 heavy (non-hydrogen) atoms. The lowest BCUT2D eigenvalue weighted by Gasteiger charge is -2.33. The van der Waals surface area contributed by atoms with Crippen molar-refractivity contribution >= 4 is 17.9 Å². The van der Waals surface area contributed by atoms with Crippen LogP contribution in [0.25, 0.3) is 0 Å². The van der Waals surface area contributed by atoms with Crippen LogP contribution in [0.5, 0.6) is 0 Å². The molecular formula is C20H36N6O2. The minimum atomic E-state index is -0.758. The van der Waals surface area contributed by atoms with Crippen LogP contribution in [0.3, 0.4) is 0 Å². The summed E-state index contributed by atoms with van der Waals surface area (Å²) in [4.78, 5) is 33.1. The lowest BCUT2D eigenvalue weighted by atomic mass is 9.99. The Morgan fingerprint density at radius 3 is 2.50 bits per heavy atom. The fourth-order valence-corrected chi connectivity index (χ4v) is 3.97. The number of aliphatic imine (C=N–C) groups is 1. The Morgan fingerprint density at radius 2 is 1.93 bits per heavy atom. The monoisotopic (exact) mass is 392 g/mol. The predicted octanol–water partition coefficient (Wildman–Crippen LogP) is 1.28. The van der Waals surface area contributed by atoms with E-state index in [9.17, 15) is 9.59 Å². The molecule has 1 aliphatic carbocycles. The van der Waals surface area contributed by atoms with Crippen molar-refractivity contribution < 1.29 is 9.59 Å². The van der Waals surface area contributed by atoms with E-state index < -0.39 is 5.54 Å². The Morgan fingerprint density at radius 1 is 1.21 bits per heavy atom. The van der Waals surface area contributed by atoms with Crippen molar-refractivity contribution in [2.24, 2.45) is 4.99 Å². The number of hydrogen-bond acceptors (Lipinski definition) is 4.